The molecule has 0 aromatic rings. The molecule has 0 radical (unpaired) electrons. The Hall–Kier alpha value is -3.16. The molecule has 17 unspecified atom stereocenters. The maximum atomic E-state index is 14.2. The molecule has 0 aromatic heterocycles. The smallest absolute Gasteiger partial charge is 0.314 e. The molecule has 7 bridgehead atoms. The molecule has 320 valence electrons. The number of aliphatic hydroxyl groups is 3. The Morgan fingerprint density at radius 2 is 1.59 bits per heavy atom. The number of carbonyl (C=O) groups excluding carboxylic acids is 1. The molecule has 11 heteroatoms. The first-order valence-corrected chi connectivity index (χ1v) is 21.7. The summed E-state index contributed by atoms with van der Waals surface area (Å²) in [5.74, 6) is -1.91. The molecule has 3 saturated heterocycles. The summed E-state index contributed by atoms with van der Waals surface area (Å²) in [5.41, 5.74) is 0.958. The second kappa shape index (κ2) is 20.9. The summed E-state index contributed by atoms with van der Waals surface area (Å²) in [5, 5.41) is 41.9. The van der Waals surface area contributed by atoms with Crippen molar-refractivity contribution in [1.29, 1.82) is 0 Å². The van der Waals surface area contributed by atoms with E-state index in [1.165, 1.54) is 0 Å². The largest absolute Gasteiger partial charge is 0.481 e. The van der Waals surface area contributed by atoms with E-state index in [1.54, 1.807) is 6.08 Å². The zero-order valence-corrected chi connectivity index (χ0v) is 34.5. The van der Waals surface area contributed by atoms with Crippen LogP contribution in [0.4, 0.5) is 0 Å². The number of aliphatic hydroxyl groups excluding tert-OH is 3. The van der Waals surface area contributed by atoms with Crippen LogP contribution < -0.4 is 0 Å². The van der Waals surface area contributed by atoms with Gasteiger partial charge in [-0.25, -0.2) is 0 Å². The van der Waals surface area contributed by atoms with Crippen LogP contribution in [0.3, 0.4) is 0 Å². The highest BCUT2D eigenvalue weighted by atomic mass is 16.6. The Balaban J connectivity index is 1.22. The molecule has 17 atom stereocenters. The minimum Gasteiger partial charge on any atom is -0.481 e. The number of carboxylic acids is 1. The van der Waals surface area contributed by atoms with E-state index in [1.807, 2.05) is 62.5 Å². The van der Waals surface area contributed by atoms with Crippen LogP contribution in [0.15, 0.2) is 84.6 Å². The first kappa shape index (κ1) is 44.4. The Morgan fingerprint density at radius 3 is 2.40 bits per heavy atom. The molecule has 0 aromatic carbocycles. The molecular weight excluding hydrogens is 741 g/mol. The SMILES string of the molecule is C/C(=C\C(C)CCCCC(=O)O)C1OC2C=CC1OC(=O)C1C=CC=CC1C1OC3CC1OC(/C=C/CC1OC(CC(O)C1C)C(O)C(O)/C=C/CC/C=C/C2)C3C. The number of carboxylic acid groups (broad SMARTS) is 1. The highest BCUT2D eigenvalue weighted by molar-refractivity contribution is 5.76. The number of allylic oxidation sites excluding steroid dienone is 5. The van der Waals surface area contributed by atoms with Crippen LogP contribution in [0.5, 0.6) is 0 Å². The lowest BCUT2D eigenvalue weighted by molar-refractivity contribution is -0.175. The average molecular weight is 807 g/mol. The van der Waals surface area contributed by atoms with Gasteiger partial charge in [-0.1, -0.05) is 100 Å². The summed E-state index contributed by atoms with van der Waals surface area (Å²) in [6, 6.07) is 0. The van der Waals surface area contributed by atoms with Gasteiger partial charge in [0.05, 0.1) is 54.7 Å². The monoisotopic (exact) mass is 806 g/mol. The van der Waals surface area contributed by atoms with Gasteiger partial charge in [0.1, 0.15) is 24.4 Å². The lowest BCUT2D eigenvalue weighted by Gasteiger charge is -2.40. The van der Waals surface area contributed by atoms with E-state index in [4.69, 9.17) is 28.8 Å². The van der Waals surface area contributed by atoms with Crippen LogP contribution in [0.1, 0.15) is 91.9 Å². The van der Waals surface area contributed by atoms with Crippen LogP contribution in [0.25, 0.3) is 0 Å². The van der Waals surface area contributed by atoms with Crippen molar-refractivity contribution in [1.82, 2.24) is 0 Å². The predicted octanol–water partition coefficient (Wildman–Crippen LogP) is 6.49. The second-order valence-electron chi connectivity index (χ2n) is 17.4. The van der Waals surface area contributed by atoms with Gasteiger partial charge in [0, 0.05) is 37.0 Å². The minimum atomic E-state index is -1.18. The zero-order chi connectivity index (χ0) is 41.3. The summed E-state index contributed by atoms with van der Waals surface area (Å²) in [4.78, 5) is 25.2. The molecule has 58 heavy (non-hydrogen) atoms. The van der Waals surface area contributed by atoms with Gasteiger partial charge in [-0.2, -0.15) is 0 Å². The van der Waals surface area contributed by atoms with Crippen molar-refractivity contribution in [3.8, 4) is 0 Å². The summed E-state index contributed by atoms with van der Waals surface area (Å²) >= 11 is 0. The summed E-state index contributed by atoms with van der Waals surface area (Å²) in [6.45, 7) is 8.19. The molecule has 7 rings (SSSR count). The van der Waals surface area contributed by atoms with Crippen molar-refractivity contribution < 1.29 is 53.7 Å². The van der Waals surface area contributed by atoms with Crippen LogP contribution in [0, 0.1) is 29.6 Å². The Morgan fingerprint density at radius 1 is 0.793 bits per heavy atom. The highest BCUT2D eigenvalue weighted by Crippen LogP contribution is 2.43. The lowest BCUT2D eigenvalue weighted by atomic mass is 9.81. The molecular formula is C47H66O11. The fraction of sp³-hybridized carbons (Fsp3) is 0.660. The quantitative estimate of drug-likeness (QED) is 0.127. The molecule has 6 aliphatic heterocycles. The number of rotatable bonds is 7. The van der Waals surface area contributed by atoms with Gasteiger partial charge in [-0.15, -0.1) is 0 Å². The van der Waals surface area contributed by atoms with Crippen molar-refractivity contribution in [3.63, 3.8) is 0 Å². The molecule has 7 aliphatic rings. The number of aliphatic carboxylic acids is 1. The fourth-order valence-electron chi connectivity index (χ4n) is 9.33. The van der Waals surface area contributed by atoms with E-state index in [9.17, 15) is 24.9 Å². The van der Waals surface area contributed by atoms with Crippen molar-refractivity contribution in [2.75, 3.05) is 0 Å². The average Bonchev–Trinajstić information content (AvgIpc) is 3.57. The standard InChI is InChI=1S/C47H66O11/c1-28(15-10-13-22-43(50)51)25-29(2)45-39-24-23-32(54-45)16-8-6-5-7-9-19-35(48)44(52)41-26-36(49)30(3)37(55-41)20-14-21-38-31(4)40-27-42(56-38)46(57-40)33-17-11-12-18-34(33)47(53)58-39/h6,8-9,11-12,14,17-19,21,23-25,28,30-42,44-46,48-49,52H,5,7,10,13,15-16,20,22,26-27H2,1-4H3,(H,50,51)/b8-6+,19-9+,21-14+,29-25+. The first-order chi connectivity index (χ1) is 27.9. The van der Waals surface area contributed by atoms with Crippen molar-refractivity contribution in [3.05, 3.63) is 84.6 Å². The van der Waals surface area contributed by atoms with Gasteiger partial charge in [0.2, 0.25) is 0 Å². The third kappa shape index (κ3) is 11.4. The van der Waals surface area contributed by atoms with Crippen molar-refractivity contribution in [2.45, 2.75) is 165 Å². The van der Waals surface area contributed by atoms with E-state index in [-0.39, 0.29) is 79.1 Å². The topological polar surface area (TPSA) is 161 Å². The van der Waals surface area contributed by atoms with Crippen LogP contribution in [0.2, 0.25) is 0 Å². The first-order valence-electron chi connectivity index (χ1n) is 21.7. The maximum Gasteiger partial charge on any atom is 0.314 e. The molecule has 3 fully saturated rings. The number of ether oxygens (including phenoxy) is 5. The van der Waals surface area contributed by atoms with Gasteiger partial charge < -0.3 is 44.1 Å². The van der Waals surface area contributed by atoms with E-state index >= 15 is 0 Å². The minimum absolute atomic E-state index is 0.0501. The molecule has 4 N–H and O–H groups in total. The maximum absolute atomic E-state index is 14.2. The zero-order valence-electron chi connectivity index (χ0n) is 34.5. The second-order valence-corrected chi connectivity index (χ2v) is 17.4. The normalized spacial score (nSPS) is 43.2. The summed E-state index contributed by atoms with van der Waals surface area (Å²) in [7, 11) is 0. The van der Waals surface area contributed by atoms with E-state index in [0.717, 1.165) is 31.3 Å². The predicted molar refractivity (Wildman–Crippen MR) is 219 cm³/mol. The number of hydrogen-bond acceptors (Lipinski definition) is 10. The van der Waals surface area contributed by atoms with Gasteiger partial charge >= 0.3 is 11.9 Å². The fourth-order valence-corrected chi connectivity index (χ4v) is 9.33. The molecule has 0 spiro atoms. The molecule has 0 amide bonds. The van der Waals surface area contributed by atoms with Gasteiger partial charge in [-0.05, 0) is 63.0 Å². The van der Waals surface area contributed by atoms with E-state index in [0.29, 0.717) is 25.7 Å². The number of carbonyl (C=O) groups is 2. The van der Waals surface area contributed by atoms with Crippen molar-refractivity contribution >= 4 is 11.9 Å². The molecule has 1 aliphatic carbocycles. The van der Waals surface area contributed by atoms with Gasteiger partial charge in [0.25, 0.3) is 0 Å². The number of fused-ring (bicyclic) bond motifs is 10. The van der Waals surface area contributed by atoms with Gasteiger partial charge in [0.15, 0.2) is 0 Å². The summed E-state index contributed by atoms with van der Waals surface area (Å²) in [6.07, 6.45) is 25.1. The third-order valence-electron chi connectivity index (χ3n) is 12.9. The van der Waals surface area contributed by atoms with E-state index in [2.05, 4.69) is 38.2 Å². The van der Waals surface area contributed by atoms with Crippen molar-refractivity contribution in [2.24, 2.45) is 29.6 Å². The third-order valence-corrected chi connectivity index (χ3v) is 12.9. The number of hydrogen-bond donors (Lipinski definition) is 4. The van der Waals surface area contributed by atoms with Crippen LogP contribution in [-0.2, 0) is 33.3 Å². The molecule has 6 heterocycles. The highest BCUT2D eigenvalue weighted by Gasteiger charge is 2.51. The van der Waals surface area contributed by atoms with E-state index < -0.39 is 48.5 Å². The Labute approximate surface area is 344 Å². The van der Waals surface area contributed by atoms with Crippen LogP contribution in [-0.4, -0.2) is 106 Å². The Kier molecular flexibility index (Phi) is 16.0. The van der Waals surface area contributed by atoms with Gasteiger partial charge in [-0.3, -0.25) is 9.59 Å². The Bertz CT molecular complexity index is 1590. The molecule has 0 saturated carbocycles. The molecule has 11 nitrogen and oxygen atoms in total. The number of esters is 1. The number of unbranched alkanes of at least 4 members (excludes halogenated alkanes) is 1. The van der Waals surface area contributed by atoms with Crippen LogP contribution >= 0.6 is 0 Å². The lowest BCUT2D eigenvalue weighted by Crippen LogP contribution is -2.50. The summed E-state index contributed by atoms with van der Waals surface area (Å²) < 4.78 is 32.7.